The molecule has 2 N–H and O–H groups in total. The number of carbonyl (C=O) groups is 2. The largest absolute Gasteiger partial charge is 0.508 e. The van der Waals surface area contributed by atoms with Crippen LogP contribution in [0.4, 0.5) is 4.79 Å². The van der Waals surface area contributed by atoms with Gasteiger partial charge in [-0.3, -0.25) is 0 Å². The summed E-state index contributed by atoms with van der Waals surface area (Å²) in [5, 5.41) is 12.5. The summed E-state index contributed by atoms with van der Waals surface area (Å²) in [7, 11) is 0. The number of aromatic hydroxyl groups is 1. The Hall–Kier alpha value is -3.80. The SMILES string of the molecule is CC(C)(C)OC(=O)N[C@@](Cc1ccccc1)(Cc1ccc(O)cc1)C(=O)OCc1ccccc1. The number of hydrogen-bond acceptors (Lipinski definition) is 5. The molecule has 0 aromatic heterocycles. The predicted molar refractivity (Wildman–Crippen MR) is 130 cm³/mol. The van der Waals surface area contributed by atoms with Crippen molar-refractivity contribution in [2.24, 2.45) is 0 Å². The quantitative estimate of drug-likeness (QED) is 0.451. The zero-order chi connectivity index (χ0) is 24.6. The van der Waals surface area contributed by atoms with Gasteiger partial charge in [0.25, 0.3) is 0 Å². The molecule has 0 saturated heterocycles. The van der Waals surface area contributed by atoms with Crippen molar-refractivity contribution in [3.8, 4) is 5.75 Å². The first-order valence-corrected chi connectivity index (χ1v) is 11.2. The fourth-order valence-electron chi connectivity index (χ4n) is 3.61. The molecule has 1 amide bonds. The van der Waals surface area contributed by atoms with Crippen LogP contribution in [0.15, 0.2) is 84.9 Å². The molecule has 3 aromatic carbocycles. The molecular formula is C28H31NO5. The van der Waals surface area contributed by atoms with Gasteiger partial charge in [-0.05, 0) is 49.6 Å². The molecule has 0 unspecified atom stereocenters. The molecule has 3 rings (SSSR count). The van der Waals surface area contributed by atoms with E-state index in [2.05, 4.69) is 5.32 Å². The monoisotopic (exact) mass is 461 g/mol. The minimum absolute atomic E-state index is 0.0712. The molecule has 6 nitrogen and oxygen atoms in total. The molecule has 0 aliphatic carbocycles. The van der Waals surface area contributed by atoms with E-state index >= 15 is 0 Å². The molecule has 0 aliphatic rings. The highest BCUT2D eigenvalue weighted by Gasteiger charge is 2.43. The van der Waals surface area contributed by atoms with Crippen molar-refractivity contribution in [1.29, 1.82) is 0 Å². The standard InChI is InChI=1S/C28H31NO5/c1-27(2,3)34-26(32)29-28(18-21-10-6-4-7-11-21,19-22-14-16-24(30)17-15-22)25(31)33-20-23-12-8-5-9-13-23/h4-17,30H,18-20H2,1-3H3,(H,29,32)/t28-/m0/s1. The lowest BCUT2D eigenvalue weighted by Gasteiger charge is -2.34. The van der Waals surface area contributed by atoms with E-state index in [4.69, 9.17) is 9.47 Å². The van der Waals surface area contributed by atoms with Gasteiger partial charge in [-0.15, -0.1) is 0 Å². The average molecular weight is 462 g/mol. The molecule has 3 aromatic rings. The molecular weight excluding hydrogens is 430 g/mol. The van der Waals surface area contributed by atoms with Crippen LogP contribution >= 0.6 is 0 Å². The van der Waals surface area contributed by atoms with Gasteiger partial charge in [-0.2, -0.15) is 0 Å². The van der Waals surface area contributed by atoms with Gasteiger partial charge < -0.3 is 19.9 Å². The third-order valence-corrected chi connectivity index (χ3v) is 5.13. The van der Waals surface area contributed by atoms with Crippen LogP contribution in [-0.2, 0) is 33.7 Å². The Labute approximate surface area is 200 Å². The Morgan fingerprint density at radius 2 is 1.26 bits per heavy atom. The van der Waals surface area contributed by atoms with E-state index in [-0.39, 0.29) is 25.2 Å². The predicted octanol–water partition coefficient (Wildman–Crippen LogP) is 5.18. The molecule has 6 heteroatoms. The van der Waals surface area contributed by atoms with Crippen molar-refractivity contribution in [2.45, 2.75) is 51.4 Å². The molecule has 178 valence electrons. The number of hydrogen-bond donors (Lipinski definition) is 2. The van der Waals surface area contributed by atoms with E-state index in [1.165, 1.54) is 0 Å². The summed E-state index contributed by atoms with van der Waals surface area (Å²) in [5.74, 6) is -0.455. The molecule has 0 radical (unpaired) electrons. The van der Waals surface area contributed by atoms with Crippen LogP contribution in [0, 0.1) is 0 Å². The van der Waals surface area contributed by atoms with Crippen LogP contribution in [0.25, 0.3) is 0 Å². The Kier molecular flexibility index (Phi) is 7.95. The van der Waals surface area contributed by atoms with Crippen molar-refractivity contribution >= 4 is 12.1 Å². The topological polar surface area (TPSA) is 84.9 Å². The smallest absolute Gasteiger partial charge is 0.408 e. The second-order valence-electron chi connectivity index (χ2n) is 9.28. The Morgan fingerprint density at radius 1 is 0.765 bits per heavy atom. The molecule has 0 bridgehead atoms. The van der Waals surface area contributed by atoms with E-state index in [9.17, 15) is 14.7 Å². The van der Waals surface area contributed by atoms with Gasteiger partial charge in [0, 0.05) is 12.8 Å². The summed E-state index contributed by atoms with van der Waals surface area (Å²) in [6.45, 7) is 5.36. The normalized spacial score (nSPS) is 12.9. The Balaban J connectivity index is 1.97. The number of carbonyl (C=O) groups excluding carboxylic acids is 2. The van der Waals surface area contributed by atoms with Crippen LogP contribution in [0.2, 0.25) is 0 Å². The fraction of sp³-hybridized carbons (Fsp3) is 0.286. The molecule has 0 aliphatic heterocycles. The number of nitrogens with one attached hydrogen (secondary N) is 1. The minimum Gasteiger partial charge on any atom is -0.508 e. The molecule has 0 spiro atoms. The minimum atomic E-state index is -1.44. The first-order chi connectivity index (χ1) is 16.2. The Morgan fingerprint density at radius 3 is 1.79 bits per heavy atom. The maximum Gasteiger partial charge on any atom is 0.408 e. The highest BCUT2D eigenvalue weighted by Crippen LogP contribution is 2.24. The van der Waals surface area contributed by atoms with E-state index in [0.29, 0.717) is 0 Å². The van der Waals surface area contributed by atoms with Crippen LogP contribution in [-0.4, -0.2) is 28.3 Å². The summed E-state index contributed by atoms with van der Waals surface area (Å²) in [6, 6.07) is 25.3. The van der Waals surface area contributed by atoms with E-state index < -0.39 is 23.2 Å². The highest BCUT2D eigenvalue weighted by atomic mass is 16.6. The fourth-order valence-corrected chi connectivity index (χ4v) is 3.61. The third kappa shape index (κ3) is 7.37. The molecule has 0 saturated carbocycles. The number of alkyl carbamates (subject to hydrolysis) is 1. The second kappa shape index (κ2) is 10.9. The first-order valence-electron chi connectivity index (χ1n) is 11.2. The lowest BCUT2D eigenvalue weighted by Crippen LogP contribution is -2.59. The number of phenolic OH excluding ortho intramolecular Hbond substituents is 1. The van der Waals surface area contributed by atoms with Gasteiger partial charge in [-0.25, -0.2) is 9.59 Å². The number of esters is 1. The maximum absolute atomic E-state index is 13.7. The van der Waals surface area contributed by atoms with Crippen molar-refractivity contribution in [3.05, 3.63) is 102 Å². The Bertz CT molecular complexity index is 1080. The van der Waals surface area contributed by atoms with Gasteiger partial charge in [0.05, 0.1) is 0 Å². The van der Waals surface area contributed by atoms with Crippen molar-refractivity contribution < 1.29 is 24.2 Å². The van der Waals surface area contributed by atoms with E-state index in [0.717, 1.165) is 16.7 Å². The summed E-state index contributed by atoms with van der Waals surface area (Å²) in [5.41, 5.74) is 0.270. The summed E-state index contributed by atoms with van der Waals surface area (Å²) in [6.07, 6.45) is -0.366. The number of rotatable bonds is 8. The lowest BCUT2D eigenvalue weighted by molar-refractivity contribution is -0.153. The summed E-state index contributed by atoms with van der Waals surface area (Å²) in [4.78, 5) is 26.6. The molecule has 34 heavy (non-hydrogen) atoms. The van der Waals surface area contributed by atoms with Gasteiger partial charge in [0.2, 0.25) is 0 Å². The van der Waals surface area contributed by atoms with Crippen LogP contribution in [0.3, 0.4) is 0 Å². The van der Waals surface area contributed by atoms with Crippen LogP contribution in [0.5, 0.6) is 5.75 Å². The molecule has 1 atom stereocenters. The van der Waals surface area contributed by atoms with Crippen molar-refractivity contribution in [1.82, 2.24) is 5.32 Å². The van der Waals surface area contributed by atoms with Crippen molar-refractivity contribution in [2.75, 3.05) is 0 Å². The van der Waals surface area contributed by atoms with Crippen LogP contribution in [0.1, 0.15) is 37.5 Å². The summed E-state index contributed by atoms with van der Waals surface area (Å²) < 4.78 is 11.2. The molecule has 0 heterocycles. The van der Waals surface area contributed by atoms with Gasteiger partial charge in [0.15, 0.2) is 0 Å². The van der Waals surface area contributed by atoms with Crippen LogP contribution < -0.4 is 5.32 Å². The zero-order valence-corrected chi connectivity index (χ0v) is 19.8. The van der Waals surface area contributed by atoms with Gasteiger partial charge >= 0.3 is 12.1 Å². The highest BCUT2D eigenvalue weighted by molar-refractivity contribution is 5.86. The van der Waals surface area contributed by atoms with Gasteiger partial charge in [0.1, 0.15) is 23.5 Å². The second-order valence-corrected chi connectivity index (χ2v) is 9.28. The molecule has 0 fully saturated rings. The van der Waals surface area contributed by atoms with E-state index in [1.807, 2.05) is 60.7 Å². The average Bonchev–Trinajstić information content (AvgIpc) is 2.79. The first kappa shape index (κ1) is 24.8. The number of amides is 1. The lowest BCUT2D eigenvalue weighted by atomic mass is 9.84. The maximum atomic E-state index is 13.7. The zero-order valence-electron chi connectivity index (χ0n) is 19.8. The number of ether oxygens (including phenoxy) is 2. The number of phenols is 1. The van der Waals surface area contributed by atoms with E-state index in [1.54, 1.807) is 45.0 Å². The third-order valence-electron chi connectivity index (χ3n) is 5.13. The number of benzene rings is 3. The van der Waals surface area contributed by atoms with Crippen molar-refractivity contribution in [3.63, 3.8) is 0 Å². The summed E-state index contributed by atoms with van der Waals surface area (Å²) >= 11 is 0. The van der Waals surface area contributed by atoms with Gasteiger partial charge in [-0.1, -0.05) is 72.8 Å².